The first-order chi connectivity index (χ1) is 9.78. The Bertz CT molecular complexity index is 535. The molecule has 1 aliphatic rings. The lowest BCUT2D eigenvalue weighted by molar-refractivity contribution is 0.0193. The van der Waals surface area contributed by atoms with Crippen LogP contribution < -0.4 is 5.32 Å². The summed E-state index contributed by atoms with van der Waals surface area (Å²) in [5.74, 6) is -1.05. The number of aromatic nitrogens is 2. The fourth-order valence-electron chi connectivity index (χ4n) is 2.17. The molecule has 1 aromatic heterocycles. The largest absolute Gasteiger partial charge is 0.478 e. The van der Waals surface area contributed by atoms with Crippen LogP contribution in [-0.2, 0) is 4.74 Å². The van der Waals surface area contributed by atoms with Gasteiger partial charge in [0.1, 0.15) is 11.2 Å². The first-order valence-electron chi connectivity index (χ1n) is 6.76. The number of rotatable bonds is 2. The summed E-state index contributed by atoms with van der Waals surface area (Å²) in [6.07, 6.45) is 0.872. The number of H-pyrrole nitrogens is 1. The average Bonchev–Trinajstić information content (AvgIpc) is 2.86. The number of carboxylic acids is 1. The number of piperazine rings is 1. The van der Waals surface area contributed by atoms with Crippen LogP contribution in [0.15, 0.2) is 6.20 Å². The fraction of sp³-hybridized carbons (Fsp3) is 0.615. The molecule has 1 aliphatic heterocycles. The Morgan fingerprint density at radius 2 is 2.19 bits per heavy atom. The van der Waals surface area contributed by atoms with Gasteiger partial charge < -0.3 is 20.1 Å². The second-order valence-corrected chi connectivity index (χ2v) is 5.94. The van der Waals surface area contributed by atoms with E-state index >= 15 is 0 Å². The van der Waals surface area contributed by atoms with Gasteiger partial charge in [-0.2, -0.15) is 5.10 Å². The van der Waals surface area contributed by atoms with Crippen LogP contribution >= 0.6 is 0 Å². The van der Waals surface area contributed by atoms with Crippen LogP contribution in [0.5, 0.6) is 0 Å². The van der Waals surface area contributed by atoms with E-state index < -0.39 is 17.7 Å². The predicted octanol–water partition coefficient (Wildman–Crippen LogP) is 0.989. The SMILES string of the molecule is CC(C)(C)OC(=O)N1CCNC(c2[nH]ncc2C(=O)O)C1. The number of carboxylic acid groups (broad SMARTS) is 1. The Balaban J connectivity index is 2.09. The molecule has 8 heteroatoms. The third-order valence-corrected chi connectivity index (χ3v) is 3.07. The maximum Gasteiger partial charge on any atom is 0.410 e. The van der Waals surface area contributed by atoms with Gasteiger partial charge in [0.15, 0.2) is 0 Å². The van der Waals surface area contributed by atoms with E-state index in [4.69, 9.17) is 9.84 Å². The number of carbonyl (C=O) groups excluding carboxylic acids is 1. The van der Waals surface area contributed by atoms with E-state index in [1.807, 2.05) is 20.8 Å². The van der Waals surface area contributed by atoms with Crippen molar-refractivity contribution >= 4 is 12.1 Å². The van der Waals surface area contributed by atoms with Crippen molar-refractivity contribution in [3.63, 3.8) is 0 Å². The van der Waals surface area contributed by atoms with Gasteiger partial charge in [-0.05, 0) is 20.8 Å². The molecule has 3 N–H and O–H groups in total. The van der Waals surface area contributed by atoms with E-state index in [1.165, 1.54) is 6.20 Å². The quantitative estimate of drug-likeness (QED) is 0.751. The van der Waals surface area contributed by atoms with E-state index in [0.717, 1.165) is 0 Å². The van der Waals surface area contributed by atoms with Gasteiger partial charge in [-0.15, -0.1) is 0 Å². The second kappa shape index (κ2) is 5.72. The molecule has 0 spiro atoms. The Morgan fingerprint density at radius 1 is 1.48 bits per heavy atom. The minimum atomic E-state index is -1.05. The molecule has 0 aliphatic carbocycles. The Morgan fingerprint density at radius 3 is 2.81 bits per heavy atom. The van der Waals surface area contributed by atoms with Gasteiger partial charge in [-0.25, -0.2) is 9.59 Å². The number of nitrogens with zero attached hydrogens (tertiary/aromatic N) is 2. The van der Waals surface area contributed by atoms with Crippen LogP contribution in [0.25, 0.3) is 0 Å². The molecular formula is C13H20N4O4. The summed E-state index contributed by atoms with van der Waals surface area (Å²) < 4.78 is 5.34. The van der Waals surface area contributed by atoms with Crippen molar-refractivity contribution in [2.45, 2.75) is 32.4 Å². The van der Waals surface area contributed by atoms with Gasteiger partial charge >= 0.3 is 12.1 Å². The summed E-state index contributed by atoms with van der Waals surface area (Å²) in [5.41, 5.74) is 0.0202. The van der Waals surface area contributed by atoms with Crippen LogP contribution in [0, 0.1) is 0 Å². The summed E-state index contributed by atoms with van der Waals surface area (Å²) in [6, 6.07) is -0.306. The summed E-state index contributed by atoms with van der Waals surface area (Å²) >= 11 is 0. The van der Waals surface area contributed by atoms with Gasteiger partial charge in [0.05, 0.1) is 17.9 Å². The molecule has 1 aromatic rings. The molecule has 0 radical (unpaired) electrons. The lowest BCUT2D eigenvalue weighted by Crippen LogP contribution is -2.50. The molecule has 0 saturated carbocycles. The highest BCUT2D eigenvalue weighted by atomic mass is 16.6. The Labute approximate surface area is 122 Å². The molecule has 1 unspecified atom stereocenters. The molecule has 1 atom stereocenters. The first-order valence-corrected chi connectivity index (χ1v) is 6.76. The molecule has 116 valence electrons. The van der Waals surface area contributed by atoms with E-state index in [9.17, 15) is 9.59 Å². The number of aromatic amines is 1. The smallest absolute Gasteiger partial charge is 0.410 e. The third kappa shape index (κ3) is 3.72. The van der Waals surface area contributed by atoms with Crippen LogP contribution in [0.3, 0.4) is 0 Å². The molecule has 1 fully saturated rings. The van der Waals surface area contributed by atoms with Gasteiger partial charge in [0.2, 0.25) is 0 Å². The molecule has 2 rings (SSSR count). The van der Waals surface area contributed by atoms with Crippen LogP contribution in [0.4, 0.5) is 4.79 Å². The van der Waals surface area contributed by atoms with Gasteiger partial charge in [-0.1, -0.05) is 0 Å². The molecule has 8 nitrogen and oxygen atoms in total. The number of ether oxygens (including phenoxy) is 1. The van der Waals surface area contributed by atoms with E-state index in [2.05, 4.69) is 15.5 Å². The van der Waals surface area contributed by atoms with Crippen LogP contribution in [0.1, 0.15) is 42.9 Å². The van der Waals surface area contributed by atoms with Crippen LogP contribution in [-0.4, -0.2) is 57.5 Å². The topological polar surface area (TPSA) is 108 Å². The molecule has 0 bridgehead atoms. The highest BCUT2D eigenvalue weighted by Gasteiger charge is 2.30. The second-order valence-electron chi connectivity index (χ2n) is 5.94. The lowest BCUT2D eigenvalue weighted by Gasteiger charge is -2.34. The number of nitrogens with one attached hydrogen (secondary N) is 2. The zero-order valence-electron chi connectivity index (χ0n) is 12.3. The average molecular weight is 296 g/mol. The molecule has 21 heavy (non-hydrogen) atoms. The zero-order valence-corrected chi connectivity index (χ0v) is 12.3. The Hall–Kier alpha value is -2.09. The Kier molecular flexibility index (Phi) is 4.17. The van der Waals surface area contributed by atoms with Gasteiger partial charge in [0.25, 0.3) is 0 Å². The summed E-state index contributed by atoms with van der Waals surface area (Å²) in [5, 5.41) is 18.8. The van der Waals surface area contributed by atoms with Gasteiger partial charge in [0, 0.05) is 19.6 Å². The van der Waals surface area contributed by atoms with Crippen molar-refractivity contribution in [1.29, 1.82) is 0 Å². The van der Waals surface area contributed by atoms with E-state index in [-0.39, 0.29) is 11.6 Å². The summed E-state index contributed by atoms with van der Waals surface area (Å²) in [7, 11) is 0. The van der Waals surface area contributed by atoms with Crippen molar-refractivity contribution in [2.75, 3.05) is 19.6 Å². The zero-order chi connectivity index (χ0) is 15.6. The van der Waals surface area contributed by atoms with Crippen molar-refractivity contribution in [3.8, 4) is 0 Å². The number of carbonyl (C=O) groups is 2. The standard InChI is InChI=1S/C13H20N4O4/c1-13(2,3)21-12(20)17-5-4-14-9(7-17)10-8(11(18)19)6-15-16-10/h6,9,14H,4-5,7H2,1-3H3,(H,15,16)(H,18,19). The first kappa shape index (κ1) is 15.3. The minimum absolute atomic E-state index is 0.110. The monoisotopic (exact) mass is 296 g/mol. The van der Waals surface area contributed by atoms with E-state index in [1.54, 1.807) is 4.90 Å². The number of hydrogen-bond acceptors (Lipinski definition) is 5. The maximum atomic E-state index is 12.1. The summed E-state index contributed by atoms with van der Waals surface area (Å²) in [6.45, 7) is 6.83. The van der Waals surface area contributed by atoms with E-state index in [0.29, 0.717) is 25.3 Å². The maximum absolute atomic E-state index is 12.1. The normalized spacial score (nSPS) is 19.4. The highest BCUT2D eigenvalue weighted by Crippen LogP contribution is 2.20. The van der Waals surface area contributed by atoms with Crippen LogP contribution in [0.2, 0.25) is 0 Å². The minimum Gasteiger partial charge on any atom is -0.478 e. The van der Waals surface area contributed by atoms with Crippen molar-refractivity contribution in [2.24, 2.45) is 0 Å². The fourth-order valence-corrected chi connectivity index (χ4v) is 2.17. The predicted molar refractivity (Wildman–Crippen MR) is 74.1 cm³/mol. The number of amides is 1. The lowest BCUT2D eigenvalue weighted by atomic mass is 10.1. The molecule has 0 aromatic carbocycles. The van der Waals surface area contributed by atoms with Crippen molar-refractivity contribution in [3.05, 3.63) is 17.5 Å². The molecular weight excluding hydrogens is 276 g/mol. The van der Waals surface area contributed by atoms with Crippen molar-refractivity contribution in [1.82, 2.24) is 20.4 Å². The van der Waals surface area contributed by atoms with Gasteiger partial charge in [-0.3, -0.25) is 5.10 Å². The van der Waals surface area contributed by atoms with Crippen molar-refractivity contribution < 1.29 is 19.4 Å². The third-order valence-electron chi connectivity index (χ3n) is 3.07. The number of aromatic carboxylic acids is 1. The molecule has 2 heterocycles. The summed E-state index contributed by atoms with van der Waals surface area (Å²) in [4.78, 5) is 24.8. The highest BCUT2D eigenvalue weighted by molar-refractivity contribution is 5.88. The number of hydrogen-bond donors (Lipinski definition) is 3. The molecule has 1 saturated heterocycles. The molecule has 1 amide bonds.